The summed E-state index contributed by atoms with van der Waals surface area (Å²) < 4.78 is 20.0. The Morgan fingerprint density at radius 2 is 1.67 bits per heavy atom. The minimum atomic E-state index is -1.13. The summed E-state index contributed by atoms with van der Waals surface area (Å²) in [6, 6.07) is 26.7. The molecule has 0 bridgehead atoms. The summed E-state index contributed by atoms with van der Waals surface area (Å²) >= 11 is 0. The number of benzene rings is 4. The van der Waals surface area contributed by atoms with E-state index in [0.717, 1.165) is 16.7 Å². The standard InChI is InChI=1S/C36H34FN5O6/c37-29-17-25(11-14-28(29)33(38)41-36(47)48-22-24-9-5-2-6-10-24)20-39-34(45)26-12-13-27-21-42(16-15-23-7-3-1-4-8-23)35(46)31(19-32(43)44)40-30(27)18-26/h1-14,17-18,31,40H,15-16,19-22H2,(H,39,45)(H,43,44)(H2,38,41,47)/t31-/m1/s1. The number of hydrogen-bond donors (Lipinski definition) is 4. The lowest BCUT2D eigenvalue weighted by Crippen LogP contribution is -2.42. The minimum Gasteiger partial charge on any atom is -0.481 e. The molecule has 1 aliphatic rings. The molecule has 5 rings (SSSR count). The summed E-state index contributed by atoms with van der Waals surface area (Å²) in [6.07, 6.45) is -0.784. The van der Waals surface area contributed by atoms with Crippen molar-refractivity contribution in [2.45, 2.75) is 38.6 Å². The Balaban J connectivity index is 1.22. The van der Waals surface area contributed by atoms with Crippen molar-refractivity contribution in [3.8, 4) is 0 Å². The molecule has 0 saturated heterocycles. The van der Waals surface area contributed by atoms with Crippen LogP contribution in [-0.4, -0.2) is 52.3 Å². The molecule has 246 valence electrons. The van der Waals surface area contributed by atoms with Crippen LogP contribution >= 0.6 is 0 Å². The van der Waals surface area contributed by atoms with Crippen LogP contribution < -0.4 is 16.4 Å². The van der Waals surface area contributed by atoms with Crippen LogP contribution in [0.2, 0.25) is 0 Å². The van der Waals surface area contributed by atoms with Gasteiger partial charge in [-0.3, -0.25) is 14.4 Å². The highest BCUT2D eigenvalue weighted by molar-refractivity contribution is 6.03. The molecule has 4 aromatic rings. The molecule has 48 heavy (non-hydrogen) atoms. The molecule has 5 N–H and O–H groups in total. The number of nitrogens with one attached hydrogen (secondary N) is 2. The third-order valence-electron chi connectivity index (χ3n) is 7.74. The van der Waals surface area contributed by atoms with Crippen LogP contribution in [0.25, 0.3) is 0 Å². The predicted molar refractivity (Wildman–Crippen MR) is 177 cm³/mol. The van der Waals surface area contributed by atoms with E-state index < -0.39 is 36.2 Å². The molecular weight excluding hydrogens is 617 g/mol. The van der Waals surface area contributed by atoms with Crippen LogP contribution in [0.5, 0.6) is 0 Å². The monoisotopic (exact) mass is 651 g/mol. The molecule has 0 radical (unpaired) electrons. The van der Waals surface area contributed by atoms with Crippen molar-refractivity contribution >= 4 is 35.4 Å². The summed E-state index contributed by atoms with van der Waals surface area (Å²) in [7, 11) is 0. The zero-order valence-electron chi connectivity index (χ0n) is 25.9. The van der Waals surface area contributed by atoms with Gasteiger partial charge in [-0.1, -0.05) is 72.8 Å². The number of aliphatic carboxylic acids is 1. The van der Waals surface area contributed by atoms with Gasteiger partial charge in [-0.05, 0) is 52.9 Å². The molecule has 1 heterocycles. The van der Waals surface area contributed by atoms with Crippen molar-refractivity contribution in [3.05, 3.63) is 136 Å². The van der Waals surface area contributed by atoms with E-state index in [2.05, 4.69) is 15.6 Å². The van der Waals surface area contributed by atoms with Gasteiger partial charge in [-0.2, -0.15) is 4.99 Å². The van der Waals surface area contributed by atoms with Gasteiger partial charge in [-0.25, -0.2) is 9.18 Å². The number of amidine groups is 1. The quantitative estimate of drug-likeness (QED) is 0.135. The fourth-order valence-electron chi connectivity index (χ4n) is 5.23. The van der Waals surface area contributed by atoms with E-state index in [1.807, 2.05) is 36.4 Å². The number of carbonyl (C=O) groups excluding carboxylic acids is 3. The second-order valence-corrected chi connectivity index (χ2v) is 11.2. The number of nitrogens with two attached hydrogens (primary N) is 1. The van der Waals surface area contributed by atoms with E-state index in [4.69, 9.17) is 10.5 Å². The third kappa shape index (κ3) is 8.81. The highest BCUT2D eigenvalue weighted by Crippen LogP contribution is 2.26. The van der Waals surface area contributed by atoms with Gasteiger partial charge < -0.3 is 31.1 Å². The second kappa shape index (κ2) is 15.5. The molecule has 0 saturated carbocycles. The molecular formula is C36H34FN5O6. The third-order valence-corrected chi connectivity index (χ3v) is 7.74. The summed E-state index contributed by atoms with van der Waals surface area (Å²) in [5.41, 5.74) is 9.49. The summed E-state index contributed by atoms with van der Waals surface area (Å²) in [4.78, 5) is 55.3. The highest BCUT2D eigenvalue weighted by atomic mass is 19.1. The number of carboxylic acids is 1. The van der Waals surface area contributed by atoms with Crippen molar-refractivity contribution in [2.24, 2.45) is 10.7 Å². The molecule has 0 fully saturated rings. The zero-order chi connectivity index (χ0) is 34.0. The lowest BCUT2D eigenvalue weighted by atomic mass is 10.1. The van der Waals surface area contributed by atoms with Crippen LogP contribution in [-0.2, 0) is 40.4 Å². The van der Waals surface area contributed by atoms with Gasteiger partial charge in [-0.15, -0.1) is 0 Å². The number of nitrogens with zero attached hydrogens (tertiary/aromatic N) is 2. The Labute approximate surface area is 276 Å². The molecule has 3 amide bonds. The molecule has 4 aromatic carbocycles. The molecule has 11 nitrogen and oxygen atoms in total. The van der Waals surface area contributed by atoms with E-state index in [1.54, 1.807) is 53.4 Å². The van der Waals surface area contributed by atoms with E-state index in [-0.39, 0.29) is 42.6 Å². The number of fused-ring (bicyclic) bond motifs is 1. The van der Waals surface area contributed by atoms with Gasteiger partial charge in [0.1, 0.15) is 24.3 Å². The SMILES string of the molecule is NC(=NC(=O)OCc1ccccc1)c1ccc(CNC(=O)c2ccc3c(c2)N[C@H](CC(=O)O)C(=O)N(CCc2ccccc2)C3)cc1F. The minimum absolute atomic E-state index is 0.00784. The van der Waals surface area contributed by atoms with E-state index in [9.17, 15) is 28.7 Å². The molecule has 0 unspecified atom stereocenters. The van der Waals surface area contributed by atoms with Crippen molar-refractivity contribution in [2.75, 3.05) is 11.9 Å². The lowest BCUT2D eigenvalue weighted by molar-refractivity contribution is -0.141. The maximum Gasteiger partial charge on any atom is 0.435 e. The number of halogens is 1. The Morgan fingerprint density at radius 3 is 2.35 bits per heavy atom. The fraction of sp³-hybridized carbons (Fsp3) is 0.194. The second-order valence-electron chi connectivity index (χ2n) is 11.2. The molecule has 0 aliphatic carbocycles. The van der Waals surface area contributed by atoms with Crippen LogP contribution in [0, 0.1) is 5.82 Å². The Bertz CT molecular complexity index is 1830. The number of ether oxygens (including phenoxy) is 1. The van der Waals surface area contributed by atoms with Gasteiger partial charge in [0, 0.05) is 30.9 Å². The van der Waals surface area contributed by atoms with Gasteiger partial charge >= 0.3 is 12.1 Å². The van der Waals surface area contributed by atoms with Gasteiger partial charge in [0.25, 0.3) is 5.91 Å². The molecule has 12 heteroatoms. The Kier molecular flexibility index (Phi) is 10.8. The van der Waals surface area contributed by atoms with Crippen molar-refractivity contribution in [1.82, 2.24) is 10.2 Å². The van der Waals surface area contributed by atoms with Crippen molar-refractivity contribution in [1.29, 1.82) is 0 Å². The number of aliphatic imine (C=N–C) groups is 1. The average Bonchev–Trinajstić information content (AvgIpc) is 3.21. The van der Waals surface area contributed by atoms with Crippen molar-refractivity contribution < 1.29 is 33.4 Å². The highest BCUT2D eigenvalue weighted by Gasteiger charge is 2.31. The number of carboxylic acid groups (broad SMARTS) is 1. The zero-order valence-corrected chi connectivity index (χ0v) is 25.9. The molecule has 0 aromatic heterocycles. The van der Waals surface area contributed by atoms with E-state index in [0.29, 0.717) is 24.2 Å². The van der Waals surface area contributed by atoms with Gasteiger partial charge in [0.2, 0.25) is 5.91 Å². The van der Waals surface area contributed by atoms with Crippen LogP contribution in [0.4, 0.5) is 14.9 Å². The molecule has 1 aliphatic heterocycles. The van der Waals surface area contributed by atoms with E-state index >= 15 is 0 Å². The van der Waals surface area contributed by atoms with Crippen LogP contribution in [0.1, 0.15) is 44.6 Å². The number of anilines is 1. The summed E-state index contributed by atoms with van der Waals surface area (Å²) in [5.74, 6) is -3.01. The van der Waals surface area contributed by atoms with Crippen molar-refractivity contribution in [3.63, 3.8) is 0 Å². The number of hydrogen-bond acceptors (Lipinski definition) is 6. The van der Waals surface area contributed by atoms with Gasteiger partial charge in [0.15, 0.2) is 0 Å². The summed E-state index contributed by atoms with van der Waals surface area (Å²) in [5, 5.41) is 15.2. The number of amides is 3. The predicted octanol–water partition coefficient (Wildman–Crippen LogP) is 4.64. The first-order valence-corrected chi connectivity index (χ1v) is 15.2. The fourth-order valence-corrected chi connectivity index (χ4v) is 5.23. The summed E-state index contributed by atoms with van der Waals surface area (Å²) in [6.45, 7) is 0.610. The molecule has 1 atom stereocenters. The smallest absolute Gasteiger partial charge is 0.435 e. The topological polar surface area (TPSA) is 163 Å². The number of carbonyl (C=O) groups is 4. The Hall–Kier alpha value is -6.04. The maximum absolute atomic E-state index is 14.9. The average molecular weight is 652 g/mol. The number of rotatable bonds is 11. The van der Waals surface area contributed by atoms with Gasteiger partial charge in [0.05, 0.1) is 12.0 Å². The largest absolute Gasteiger partial charge is 0.481 e. The van der Waals surface area contributed by atoms with E-state index in [1.165, 1.54) is 12.1 Å². The first kappa shape index (κ1) is 33.3. The normalized spacial score (nSPS) is 14.4. The first-order chi connectivity index (χ1) is 23.2. The molecule has 0 spiro atoms. The van der Waals surface area contributed by atoms with Crippen LogP contribution in [0.3, 0.4) is 0 Å². The Morgan fingerprint density at radius 1 is 0.958 bits per heavy atom. The first-order valence-electron chi connectivity index (χ1n) is 15.2. The van der Waals surface area contributed by atoms with Crippen LogP contribution in [0.15, 0.2) is 102 Å². The maximum atomic E-state index is 14.9. The lowest BCUT2D eigenvalue weighted by Gasteiger charge is -2.24.